The Hall–Kier alpha value is -3.16. The van der Waals surface area contributed by atoms with E-state index in [-0.39, 0.29) is 17.7 Å². The molecule has 2 saturated carbocycles. The third-order valence-corrected chi connectivity index (χ3v) is 6.44. The van der Waals surface area contributed by atoms with Crippen molar-refractivity contribution in [2.24, 2.45) is 11.8 Å². The number of carbonyl (C=O) groups is 2. The Morgan fingerprint density at radius 1 is 1.09 bits per heavy atom. The van der Waals surface area contributed by atoms with Crippen molar-refractivity contribution < 1.29 is 9.59 Å². The third kappa shape index (κ3) is 6.21. The molecule has 0 bridgehead atoms. The van der Waals surface area contributed by atoms with Gasteiger partial charge in [-0.3, -0.25) is 9.59 Å². The number of rotatable bonds is 8. The molecular formula is C25H34N6O2. The van der Waals surface area contributed by atoms with Crippen molar-refractivity contribution in [2.75, 3.05) is 36.2 Å². The Balaban J connectivity index is 1.22. The first kappa shape index (κ1) is 23.0. The summed E-state index contributed by atoms with van der Waals surface area (Å²) in [5.74, 6) is 2.16. The van der Waals surface area contributed by atoms with E-state index in [1.807, 2.05) is 44.2 Å². The molecule has 0 atom stereocenters. The van der Waals surface area contributed by atoms with E-state index in [4.69, 9.17) is 0 Å². The molecule has 0 spiro atoms. The van der Waals surface area contributed by atoms with E-state index in [9.17, 15) is 9.59 Å². The number of carbonyl (C=O) groups excluding carboxylic acids is 2. The monoisotopic (exact) mass is 450 g/mol. The maximum absolute atomic E-state index is 12.6. The number of nitrogens with one attached hydrogen (secondary N) is 3. The van der Waals surface area contributed by atoms with Crippen LogP contribution in [-0.2, 0) is 4.79 Å². The lowest BCUT2D eigenvalue weighted by Gasteiger charge is -2.29. The predicted octanol–water partition coefficient (Wildman–Crippen LogP) is 3.60. The zero-order valence-electron chi connectivity index (χ0n) is 19.7. The molecule has 8 heteroatoms. The molecule has 2 aromatic rings. The first-order valence-electron chi connectivity index (χ1n) is 11.9. The largest absolute Gasteiger partial charge is 0.362 e. The van der Waals surface area contributed by atoms with Gasteiger partial charge in [-0.2, -0.15) is 4.98 Å². The molecule has 0 radical (unpaired) electrons. The van der Waals surface area contributed by atoms with Gasteiger partial charge < -0.3 is 20.9 Å². The van der Waals surface area contributed by atoms with Crippen LogP contribution in [0, 0.1) is 18.8 Å². The summed E-state index contributed by atoms with van der Waals surface area (Å²) in [6, 6.07) is 7.52. The van der Waals surface area contributed by atoms with Gasteiger partial charge in [0.25, 0.3) is 5.91 Å². The lowest BCUT2D eigenvalue weighted by Crippen LogP contribution is -2.34. The predicted molar refractivity (Wildman–Crippen MR) is 131 cm³/mol. The normalized spacial score (nSPS) is 20.1. The van der Waals surface area contributed by atoms with Crippen molar-refractivity contribution >= 4 is 29.3 Å². The third-order valence-electron chi connectivity index (χ3n) is 6.44. The molecule has 0 aliphatic heterocycles. The number of hydrogen-bond donors (Lipinski definition) is 3. The topological polar surface area (TPSA) is 99.2 Å². The van der Waals surface area contributed by atoms with Gasteiger partial charge in [0.05, 0.1) is 0 Å². The summed E-state index contributed by atoms with van der Waals surface area (Å²) in [4.78, 5) is 35.7. The van der Waals surface area contributed by atoms with Crippen LogP contribution in [0.1, 0.15) is 54.4 Å². The first-order valence-corrected chi connectivity index (χ1v) is 11.9. The zero-order chi connectivity index (χ0) is 23.4. The summed E-state index contributed by atoms with van der Waals surface area (Å²) in [6.07, 6.45) is 7.91. The molecule has 0 unspecified atom stereocenters. The minimum atomic E-state index is -0.0953. The second-order valence-electron chi connectivity index (χ2n) is 9.51. The Labute approximate surface area is 195 Å². The van der Waals surface area contributed by atoms with E-state index in [1.165, 1.54) is 0 Å². The van der Waals surface area contributed by atoms with Crippen molar-refractivity contribution in [2.45, 2.75) is 51.5 Å². The van der Waals surface area contributed by atoms with Crippen LogP contribution in [-0.4, -0.2) is 48.5 Å². The summed E-state index contributed by atoms with van der Waals surface area (Å²) in [6.45, 7) is 2.68. The van der Waals surface area contributed by atoms with Crippen LogP contribution in [0.5, 0.6) is 0 Å². The maximum atomic E-state index is 12.6. The molecular weight excluding hydrogens is 416 g/mol. The van der Waals surface area contributed by atoms with Gasteiger partial charge in [-0.15, -0.1) is 0 Å². The fourth-order valence-corrected chi connectivity index (χ4v) is 4.32. The number of benzene rings is 1. The number of aromatic nitrogens is 2. The molecule has 2 aliphatic rings. The van der Waals surface area contributed by atoms with E-state index in [0.29, 0.717) is 35.7 Å². The Morgan fingerprint density at radius 3 is 2.55 bits per heavy atom. The van der Waals surface area contributed by atoms with Crippen molar-refractivity contribution in [1.29, 1.82) is 0 Å². The van der Waals surface area contributed by atoms with Gasteiger partial charge in [-0.1, -0.05) is 6.07 Å². The lowest BCUT2D eigenvalue weighted by molar-refractivity contribution is -0.117. The number of nitrogens with zero attached hydrogens (tertiary/aromatic N) is 3. The van der Waals surface area contributed by atoms with Crippen LogP contribution < -0.4 is 20.9 Å². The second-order valence-corrected chi connectivity index (χ2v) is 9.51. The zero-order valence-corrected chi connectivity index (χ0v) is 19.7. The molecule has 0 saturated heterocycles. The maximum Gasteiger partial charge on any atom is 0.251 e. The van der Waals surface area contributed by atoms with E-state index < -0.39 is 0 Å². The number of hydrogen-bond acceptors (Lipinski definition) is 6. The molecule has 1 aromatic carbocycles. The van der Waals surface area contributed by atoms with Crippen LogP contribution in [0.3, 0.4) is 0 Å². The van der Waals surface area contributed by atoms with E-state index in [0.717, 1.165) is 49.9 Å². The fourth-order valence-electron chi connectivity index (χ4n) is 4.32. The molecule has 8 nitrogen and oxygen atoms in total. The highest BCUT2D eigenvalue weighted by atomic mass is 16.2. The quantitative estimate of drug-likeness (QED) is 0.568. The van der Waals surface area contributed by atoms with Gasteiger partial charge in [0.15, 0.2) is 0 Å². The Bertz CT molecular complexity index is 996. The average molecular weight is 451 g/mol. The molecule has 4 rings (SSSR count). The standard InChI is InChI=1S/C25H34N6O2/c1-16-14-27-25(30-22(16)31(2)3)29-20-11-7-17(8-12-20)15-26-23(32)19-5-4-6-21(13-19)28-24(33)18-9-10-18/h4-6,13-14,17-18,20H,7-12,15H2,1-3H3,(H,26,32)(H,28,33)(H,27,29,30). The van der Waals surface area contributed by atoms with Crippen LogP contribution in [0.2, 0.25) is 0 Å². The van der Waals surface area contributed by atoms with Gasteiger partial charge >= 0.3 is 0 Å². The van der Waals surface area contributed by atoms with Gasteiger partial charge in [-0.25, -0.2) is 4.98 Å². The molecule has 33 heavy (non-hydrogen) atoms. The summed E-state index contributed by atoms with van der Waals surface area (Å²) in [7, 11) is 3.97. The molecule has 1 heterocycles. The smallest absolute Gasteiger partial charge is 0.251 e. The van der Waals surface area contributed by atoms with E-state index in [1.54, 1.807) is 12.1 Å². The minimum absolute atomic E-state index is 0.0481. The van der Waals surface area contributed by atoms with Crippen LogP contribution >= 0.6 is 0 Å². The summed E-state index contributed by atoms with van der Waals surface area (Å²) in [5, 5.41) is 9.45. The average Bonchev–Trinajstić information content (AvgIpc) is 3.65. The summed E-state index contributed by atoms with van der Waals surface area (Å²) in [5.41, 5.74) is 2.31. The molecule has 176 valence electrons. The highest BCUT2D eigenvalue weighted by Crippen LogP contribution is 2.30. The Kier molecular flexibility index (Phi) is 7.11. The Morgan fingerprint density at radius 2 is 1.85 bits per heavy atom. The van der Waals surface area contributed by atoms with E-state index >= 15 is 0 Å². The van der Waals surface area contributed by atoms with Gasteiger partial charge in [0.2, 0.25) is 11.9 Å². The highest BCUT2D eigenvalue weighted by Gasteiger charge is 2.29. The lowest BCUT2D eigenvalue weighted by atomic mass is 9.86. The van der Waals surface area contributed by atoms with Crippen molar-refractivity contribution in [1.82, 2.24) is 15.3 Å². The fraction of sp³-hybridized carbons (Fsp3) is 0.520. The van der Waals surface area contributed by atoms with Gasteiger partial charge in [0, 0.05) is 55.6 Å². The van der Waals surface area contributed by atoms with E-state index in [2.05, 4.69) is 25.9 Å². The van der Waals surface area contributed by atoms with Crippen molar-refractivity contribution in [3.63, 3.8) is 0 Å². The van der Waals surface area contributed by atoms with Crippen LogP contribution in [0.15, 0.2) is 30.5 Å². The second kappa shape index (κ2) is 10.2. The number of aryl methyl sites for hydroxylation is 1. The molecule has 1 aromatic heterocycles. The van der Waals surface area contributed by atoms with Gasteiger partial charge in [-0.05, 0) is 69.6 Å². The molecule has 2 amide bonds. The van der Waals surface area contributed by atoms with Crippen LogP contribution in [0.4, 0.5) is 17.5 Å². The van der Waals surface area contributed by atoms with Crippen molar-refractivity contribution in [3.05, 3.63) is 41.6 Å². The SMILES string of the molecule is Cc1cnc(NC2CCC(CNC(=O)c3cccc(NC(=O)C4CC4)c3)CC2)nc1N(C)C. The van der Waals surface area contributed by atoms with Gasteiger partial charge in [0.1, 0.15) is 5.82 Å². The molecule has 2 fully saturated rings. The van der Waals surface area contributed by atoms with Crippen LogP contribution in [0.25, 0.3) is 0 Å². The first-order chi connectivity index (χ1) is 15.9. The minimum Gasteiger partial charge on any atom is -0.362 e. The summed E-state index contributed by atoms with van der Waals surface area (Å²) >= 11 is 0. The number of anilines is 3. The van der Waals surface area contributed by atoms with Crippen molar-refractivity contribution in [3.8, 4) is 0 Å². The molecule has 2 aliphatic carbocycles. The summed E-state index contributed by atoms with van der Waals surface area (Å²) < 4.78 is 0. The molecule has 3 N–H and O–H groups in total. The highest BCUT2D eigenvalue weighted by molar-refractivity contribution is 5.98. The number of amides is 2.